The first-order chi connectivity index (χ1) is 15.1. The molecule has 0 amide bonds. The van der Waals surface area contributed by atoms with Crippen LogP contribution in [0.3, 0.4) is 0 Å². The number of hydrogen-bond acceptors (Lipinski definition) is 2. The van der Waals surface area contributed by atoms with Gasteiger partial charge in [0, 0.05) is 5.92 Å². The van der Waals surface area contributed by atoms with Gasteiger partial charge in [0.05, 0.1) is 11.7 Å². The Bertz CT molecular complexity index is 1300. The number of carbonyl (C=O) groups is 1. The van der Waals surface area contributed by atoms with Crippen molar-refractivity contribution in [2.24, 2.45) is 0 Å². The third kappa shape index (κ3) is 3.14. The summed E-state index contributed by atoms with van der Waals surface area (Å²) in [5.74, 6) is -0.251. The molecule has 31 heavy (non-hydrogen) atoms. The molecule has 1 aliphatic carbocycles. The Labute approximate surface area is 183 Å². The molecule has 0 bridgehead atoms. The fourth-order valence-corrected chi connectivity index (χ4v) is 5.01. The van der Waals surface area contributed by atoms with Gasteiger partial charge in [0.1, 0.15) is 0 Å². The van der Waals surface area contributed by atoms with Gasteiger partial charge in [0.25, 0.3) is 0 Å². The molecule has 4 aromatic rings. The quantitative estimate of drug-likeness (QED) is 0.297. The minimum Gasteiger partial charge on any atom is -0.459 e. The predicted molar refractivity (Wildman–Crippen MR) is 127 cm³/mol. The molecule has 0 heterocycles. The maximum absolute atomic E-state index is 13.2. The Morgan fingerprint density at radius 3 is 2.39 bits per heavy atom. The van der Waals surface area contributed by atoms with E-state index in [1.165, 1.54) is 27.8 Å². The molecule has 4 aromatic carbocycles. The second kappa shape index (κ2) is 7.70. The highest BCUT2D eigenvalue weighted by Crippen LogP contribution is 2.51. The molecule has 0 N–H and O–H groups in total. The van der Waals surface area contributed by atoms with Gasteiger partial charge in [-0.3, -0.25) is 0 Å². The van der Waals surface area contributed by atoms with E-state index in [1.54, 1.807) is 0 Å². The summed E-state index contributed by atoms with van der Waals surface area (Å²) < 4.78 is 5.68. The molecule has 5 rings (SSSR count). The van der Waals surface area contributed by atoms with E-state index < -0.39 is 0 Å². The highest BCUT2D eigenvalue weighted by molar-refractivity contribution is 6.01. The van der Waals surface area contributed by atoms with Crippen LogP contribution in [0.1, 0.15) is 59.3 Å². The van der Waals surface area contributed by atoms with Crippen molar-refractivity contribution < 1.29 is 9.53 Å². The van der Waals surface area contributed by atoms with Crippen molar-refractivity contribution in [3.05, 3.63) is 107 Å². The van der Waals surface area contributed by atoms with Gasteiger partial charge in [-0.15, -0.1) is 0 Å². The van der Waals surface area contributed by atoms with Crippen LogP contribution < -0.4 is 0 Å². The van der Waals surface area contributed by atoms with Gasteiger partial charge in [0.15, 0.2) is 0 Å². The van der Waals surface area contributed by atoms with Gasteiger partial charge >= 0.3 is 5.97 Å². The molecule has 0 saturated heterocycles. The molecule has 154 valence electrons. The molecule has 0 radical (unpaired) electrons. The van der Waals surface area contributed by atoms with Crippen molar-refractivity contribution in [1.29, 1.82) is 0 Å². The summed E-state index contributed by atoms with van der Waals surface area (Å²) in [6.45, 7) is 5.99. The lowest BCUT2D eigenvalue weighted by molar-refractivity contribution is 0.0376. The van der Waals surface area contributed by atoms with Gasteiger partial charge in [-0.05, 0) is 70.5 Å². The molecule has 0 aromatic heterocycles. The van der Waals surface area contributed by atoms with Gasteiger partial charge in [0.2, 0.25) is 0 Å². The number of benzene rings is 4. The van der Waals surface area contributed by atoms with E-state index in [0.717, 1.165) is 22.8 Å². The Hall–Kier alpha value is -3.39. The van der Waals surface area contributed by atoms with Crippen molar-refractivity contribution in [2.45, 2.75) is 39.2 Å². The normalized spacial score (nSPS) is 14.5. The summed E-state index contributed by atoms with van der Waals surface area (Å²) in [5.41, 5.74) is 8.15. The number of aryl methyl sites for hydroxylation is 1. The van der Waals surface area contributed by atoms with Crippen LogP contribution in [0.15, 0.2) is 78.9 Å². The van der Waals surface area contributed by atoms with E-state index in [-0.39, 0.29) is 18.0 Å². The lowest BCUT2D eigenvalue weighted by atomic mass is 9.81. The summed E-state index contributed by atoms with van der Waals surface area (Å²) in [4.78, 5) is 13.2. The third-order valence-corrected chi connectivity index (χ3v) is 6.25. The van der Waals surface area contributed by atoms with Crippen molar-refractivity contribution in [2.75, 3.05) is 0 Å². The standard InChI is InChI=1S/C29H26O2/c1-4-19-11-9-15-23-22-13-7-8-14-24(22)28(26(19)23)27-21-12-6-5-10-20(21)16-17-25(27)29(30)31-18(2)3/h5-18,28H,4H2,1-3H3/t28-/m1/s1. The second-order valence-electron chi connectivity index (χ2n) is 8.45. The van der Waals surface area contributed by atoms with Gasteiger partial charge < -0.3 is 4.74 Å². The van der Waals surface area contributed by atoms with Crippen LogP contribution >= 0.6 is 0 Å². The minimum atomic E-state index is -0.254. The SMILES string of the molecule is CCc1cccc2c1[C@H](c1c(C(=O)OC(C)C)ccc3ccccc13)c1ccccc1-2. The molecule has 0 fully saturated rings. The molecular formula is C29H26O2. The molecular weight excluding hydrogens is 380 g/mol. The molecule has 0 unspecified atom stereocenters. The van der Waals surface area contributed by atoms with Crippen molar-refractivity contribution in [3.8, 4) is 11.1 Å². The summed E-state index contributed by atoms with van der Waals surface area (Å²) >= 11 is 0. The molecule has 2 nitrogen and oxygen atoms in total. The average Bonchev–Trinajstić information content (AvgIpc) is 3.12. The summed E-state index contributed by atoms with van der Waals surface area (Å²) in [6, 6.07) is 27.5. The average molecular weight is 407 g/mol. The monoisotopic (exact) mass is 406 g/mol. The fourth-order valence-electron chi connectivity index (χ4n) is 5.01. The van der Waals surface area contributed by atoms with Gasteiger partial charge in [-0.25, -0.2) is 4.79 Å². The van der Waals surface area contributed by atoms with Crippen molar-refractivity contribution >= 4 is 16.7 Å². The minimum absolute atomic E-state index is 0.00293. The van der Waals surface area contributed by atoms with Crippen LogP contribution in [0.25, 0.3) is 21.9 Å². The van der Waals surface area contributed by atoms with Crippen LogP contribution in [0.5, 0.6) is 0 Å². The number of rotatable bonds is 4. The van der Waals surface area contributed by atoms with E-state index >= 15 is 0 Å². The predicted octanol–water partition coefficient (Wildman–Crippen LogP) is 7.13. The second-order valence-corrected chi connectivity index (χ2v) is 8.45. The first-order valence-electron chi connectivity index (χ1n) is 11.0. The third-order valence-electron chi connectivity index (χ3n) is 6.25. The molecule has 1 aliphatic rings. The molecule has 2 heteroatoms. The largest absolute Gasteiger partial charge is 0.459 e. The lowest BCUT2D eigenvalue weighted by Gasteiger charge is -2.22. The van der Waals surface area contributed by atoms with Crippen LogP contribution in [-0.2, 0) is 11.2 Å². The Balaban J connectivity index is 1.87. The Morgan fingerprint density at radius 1 is 0.839 bits per heavy atom. The van der Waals surface area contributed by atoms with Crippen LogP contribution in [0.4, 0.5) is 0 Å². The van der Waals surface area contributed by atoms with E-state index in [1.807, 2.05) is 32.0 Å². The number of carbonyl (C=O) groups excluding carboxylic acids is 1. The molecule has 0 saturated carbocycles. The smallest absolute Gasteiger partial charge is 0.338 e. The zero-order chi connectivity index (χ0) is 21.5. The maximum Gasteiger partial charge on any atom is 0.338 e. The van der Waals surface area contributed by atoms with E-state index in [2.05, 4.69) is 67.6 Å². The van der Waals surface area contributed by atoms with E-state index in [9.17, 15) is 4.79 Å². The topological polar surface area (TPSA) is 26.3 Å². The zero-order valence-corrected chi connectivity index (χ0v) is 18.2. The number of esters is 1. The highest BCUT2D eigenvalue weighted by Gasteiger charge is 2.35. The lowest BCUT2D eigenvalue weighted by Crippen LogP contribution is -2.16. The van der Waals surface area contributed by atoms with E-state index in [0.29, 0.717) is 5.56 Å². The summed E-state index contributed by atoms with van der Waals surface area (Å²) in [5, 5.41) is 2.25. The van der Waals surface area contributed by atoms with Crippen molar-refractivity contribution in [1.82, 2.24) is 0 Å². The molecule has 0 spiro atoms. The van der Waals surface area contributed by atoms with Gasteiger partial charge in [-0.1, -0.05) is 79.7 Å². The van der Waals surface area contributed by atoms with Crippen LogP contribution in [-0.4, -0.2) is 12.1 Å². The fraction of sp³-hybridized carbons (Fsp3) is 0.207. The molecule has 1 atom stereocenters. The van der Waals surface area contributed by atoms with Crippen LogP contribution in [0.2, 0.25) is 0 Å². The number of hydrogen-bond donors (Lipinski definition) is 0. The zero-order valence-electron chi connectivity index (χ0n) is 18.2. The highest BCUT2D eigenvalue weighted by atomic mass is 16.5. The Morgan fingerprint density at radius 2 is 1.58 bits per heavy atom. The number of ether oxygens (including phenoxy) is 1. The first kappa shape index (κ1) is 19.6. The van der Waals surface area contributed by atoms with Gasteiger partial charge in [-0.2, -0.15) is 0 Å². The summed E-state index contributed by atoms with van der Waals surface area (Å²) in [7, 11) is 0. The van der Waals surface area contributed by atoms with Crippen molar-refractivity contribution in [3.63, 3.8) is 0 Å². The van der Waals surface area contributed by atoms with E-state index in [4.69, 9.17) is 4.74 Å². The first-order valence-corrected chi connectivity index (χ1v) is 11.0. The number of fused-ring (bicyclic) bond motifs is 4. The Kier molecular flexibility index (Phi) is 4.86. The molecule has 0 aliphatic heterocycles. The van der Waals surface area contributed by atoms with Crippen LogP contribution in [0, 0.1) is 0 Å². The summed E-state index contributed by atoms with van der Waals surface area (Å²) in [6.07, 6.45) is 0.783. The maximum atomic E-state index is 13.2.